The fraction of sp³-hybridized carbons (Fsp3) is 0.619. The number of carboxylic acids is 1. The van der Waals surface area contributed by atoms with Gasteiger partial charge in [-0.05, 0) is 44.0 Å². The fourth-order valence-corrected chi connectivity index (χ4v) is 3.43. The predicted molar refractivity (Wildman–Crippen MR) is 106 cm³/mol. The quantitative estimate of drug-likeness (QED) is 0.694. The van der Waals surface area contributed by atoms with Gasteiger partial charge in [-0.2, -0.15) is 0 Å². The second kappa shape index (κ2) is 9.74. The zero-order valence-electron chi connectivity index (χ0n) is 16.8. The van der Waals surface area contributed by atoms with E-state index in [-0.39, 0.29) is 12.6 Å². The first-order chi connectivity index (χ1) is 12.9. The maximum absolute atomic E-state index is 12.4. The number of hydrogen-bond acceptors (Lipinski definition) is 3. The van der Waals surface area contributed by atoms with Gasteiger partial charge in [0, 0.05) is 26.2 Å². The summed E-state index contributed by atoms with van der Waals surface area (Å²) in [5, 5.41) is 12.2. The Labute approximate surface area is 162 Å². The van der Waals surface area contributed by atoms with Crippen LogP contribution in [0.1, 0.15) is 51.2 Å². The molecule has 2 rings (SSSR count). The summed E-state index contributed by atoms with van der Waals surface area (Å²) in [6.45, 7) is 10.3. The molecule has 0 spiro atoms. The maximum atomic E-state index is 12.4. The third kappa shape index (κ3) is 5.96. The molecular weight excluding hydrogens is 342 g/mol. The highest BCUT2D eigenvalue weighted by Gasteiger charge is 2.42. The number of amides is 2. The molecule has 0 saturated carbocycles. The number of carboxylic acid groups (broad SMARTS) is 1. The van der Waals surface area contributed by atoms with Gasteiger partial charge < -0.3 is 15.3 Å². The Kier molecular flexibility index (Phi) is 7.66. The van der Waals surface area contributed by atoms with E-state index in [0.29, 0.717) is 19.5 Å². The standard InChI is InChI=1S/C21H33N3O3/c1-4-6-11-23(5-2)15-18-9-7-8-17(13-18)14-22-20(27)24-12-10-21(3,16-24)19(25)26/h7-9,13H,4-6,10-12,14-16H2,1-3H3,(H,22,27)(H,25,26). The molecule has 0 aliphatic carbocycles. The molecule has 2 amide bonds. The summed E-state index contributed by atoms with van der Waals surface area (Å²) >= 11 is 0. The van der Waals surface area contributed by atoms with E-state index < -0.39 is 11.4 Å². The number of likely N-dealkylation sites (tertiary alicyclic amines) is 1. The van der Waals surface area contributed by atoms with Crippen molar-refractivity contribution < 1.29 is 14.7 Å². The lowest BCUT2D eigenvalue weighted by molar-refractivity contribution is -0.147. The Morgan fingerprint density at radius 3 is 2.67 bits per heavy atom. The normalized spacial score (nSPS) is 19.5. The monoisotopic (exact) mass is 375 g/mol. The number of benzene rings is 1. The van der Waals surface area contributed by atoms with Gasteiger partial charge in [-0.1, -0.05) is 44.5 Å². The first kappa shape index (κ1) is 21.2. The largest absolute Gasteiger partial charge is 0.481 e. The minimum absolute atomic E-state index is 0.191. The third-order valence-corrected chi connectivity index (χ3v) is 5.39. The molecule has 6 nitrogen and oxygen atoms in total. The molecule has 0 bridgehead atoms. The minimum atomic E-state index is -0.839. The second-order valence-corrected chi connectivity index (χ2v) is 7.74. The first-order valence-electron chi connectivity index (χ1n) is 9.94. The highest BCUT2D eigenvalue weighted by molar-refractivity contribution is 5.79. The summed E-state index contributed by atoms with van der Waals surface area (Å²) in [5.74, 6) is -0.839. The summed E-state index contributed by atoms with van der Waals surface area (Å²) in [4.78, 5) is 27.7. The van der Waals surface area contributed by atoms with Crippen LogP contribution in [0.4, 0.5) is 4.79 Å². The SMILES string of the molecule is CCCCN(CC)Cc1cccc(CNC(=O)N2CCC(C)(C(=O)O)C2)c1. The lowest BCUT2D eigenvalue weighted by Crippen LogP contribution is -2.40. The lowest BCUT2D eigenvalue weighted by Gasteiger charge is -2.21. The van der Waals surface area contributed by atoms with Gasteiger partial charge in [-0.15, -0.1) is 0 Å². The van der Waals surface area contributed by atoms with Crippen molar-refractivity contribution in [3.05, 3.63) is 35.4 Å². The van der Waals surface area contributed by atoms with E-state index in [1.807, 2.05) is 12.1 Å². The number of nitrogens with one attached hydrogen (secondary N) is 1. The van der Waals surface area contributed by atoms with Crippen LogP contribution in [0.25, 0.3) is 0 Å². The Balaban J connectivity index is 1.87. The number of hydrogen-bond donors (Lipinski definition) is 2. The second-order valence-electron chi connectivity index (χ2n) is 7.74. The van der Waals surface area contributed by atoms with Crippen LogP contribution in [0, 0.1) is 5.41 Å². The molecule has 1 aliphatic rings. The highest BCUT2D eigenvalue weighted by atomic mass is 16.4. The van der Waals surface area contributed by atoms with Crippen LogP contribution in [0.3, 0.4) is 0 Å². The minimum Gasteiger partial charge on any atom is -0.481 e. The van der Waals surface area contributed by atoms with Crippen molar-refractivity contribution in [3.8, 4) is 0 Å². The first-order valence-corrected chi connectivity index (χ1v) is 9.94. The van der Waals surface area contributed by atoms with Crippen LogP contribution in [0.15, 0.2) is 24.3 Å². The van der Waals surface area contributed by atoms with Crippen molar-refractivity contribution in [2.45, 2.75) is 53.1 Å². The van der Waals surface area contributed by atoms with Crippen LogP contribution in [-0.4, -0.2) is 53.1 Å². The molecule has 1 aromatic rings. The zero-order chi connectivity index (χ0) is 19.9. The number of rotatable bonds is 9. The summed E-state index contributed by atoms with van der Waals surface area (Å²) < 4.78 is 0. The Morgan fingerprint density at radius 2 is 2.04 bits per heavy atom. The van der Waals surface area contributed by atoms with Crippen molar-refractivity contribution in [3.63, 3.8) is 0 Å². The average Bonchev–Trinajstić information content (AvgIpc) is 3.07. The number of aliphatic carboxylic acids is 1. The van der Waals surface area contributed by atoms with E-state index >= 15 is 0 Å². The van der Waals surface area contributed by atoms with Gasteiger partial charge in [-0.3, -0.25) is 9.69 Å². The Morgan fingerprint density at radius 1 is 1.30 bits per heavy atom. The molecule has 1 aliphatic heterocycles. The number of urea groups is 1. The predicted octanol–water partition coefficient (Wildman–Crippen LogP) is 3.31. The fourth-order valence-electron chi connectivity index (χ4n) is 3.43. The van der Waals surface area contributed by atoms with Gasteiger partial charge >= 0.3 is 12.0 Å². The van der Waals surface area contributed by atoms with Crippen molar-refractivity contribution >= 4 is 12.0 Å². The number of carbonyl (C=O) groups excluding carboxylic acids is 1. The molecule has 0 aromatic heterocycles. The molecule has 27 heavy (non-hydrogen) atoms. The van der Waals surface area contributed by atoms with Crippen molar-refractivity contribution in [1.29, 1.82) is 0 Å². The van der Waals surface area contributed by atoms with E-state index in [9.17, 15) is 14.7 Å². The van der Waals surface area contributed by atoms with E-state index in [1.165, 1.54) is 18.4 Å². The molecule has 2 N–H and O–H groups in total. The molecule has 1 saturated heterocycles. The summed E-state index contributed by atoms with van der Waals surface area (Å²) in [6.07, 6.45) is 2.89. The summed E-state index contributed by atoms with van der Waals surface area (Å²) in [5.41, 5.74) is 1.48. The Hall–Kier alpha value is -2.08. The van der Waals surface area contributed by atoms with Gasteiger partial charge in [0.1, 0.15) is 0 Å². The van der Waals surface area contributed by atoms with Crippen LogP contribution in [0.5, 0.6) is 0 Å². The van der Waals surface area contributed by atoms with Gasteiger partial charge in [0.25, 0.3) is 0 Å². The number of carbonyl (C=O) groups is 2. The molecule has 0 radical (unpaired) electrons. The average molecular weight is 376 g/mol. The molecule has 6 heteroatoms. The van der Waals surface area contributed by atoms with Crippen molar-refractivity contribution in [1.82, 2.24) is 15.1 Å². The van der Waals surface area contributed by atoms with Crippen LogP contribution in [-0.2, 0) is 17.9 Å². The van der Waals surface area contributed by atoms with Crippen LogP contribution in [0.2, 0.25) is 0 Å². The van der Waals surface area contributed by atoms with Crippen LogP contribution < -0.4 is 5.32 Å². The topological polar surface area (TPSA) is 72.9 Å². The zero-order valence-corrected chi connectivity index (χ0v) is 16.8. The highest BCUT2D eigenvalue weighted by Crippen LogP contribution is 2.30. The van der Waals surface area contributed by atoms with Gasteiger partial charge in [0.05, 0.1) is 5.41 Å². The maximum Gasteiger partial charge on any atom is 0.317 e. The van der Waals surface area contributed by atoms with E-state index in [0.717, 1.165) is 25.2 Å². The molecule has 150 valence electrons. The molecule has 1 atom stereocenters. The van der Waals surface area contributed by atoms with Gasteiger partial charge in [-0.25, -0.2) is 4.79 Å². The van der Waals surface area contributed by atoms with E-state index in [4.69, 9.17) is 0 Å². The van der Waals surface area contributed by atoms with E-state index in [1.54, 1.807) is 11.8 Å². The third-order valence-electron chi connectivity index (χ3n) is 5.39. The Bertz CT molecular complexity index is 649. The smallest absolute Gasteiger partial charge is 0.317 e. The molecule has 1 heterocycles. The molecule has 1 fully saturated rings. The van der Waals surface area contributed by atoms with Crippen molar-refractivity contribution in [2.24, 2.45) is 5.41 Å². The summed E-state index contributed by atoms with van der Waals surface area (Å²) in [6, 6.07) is 8.11. The van der Waals surface area contributed by atoms with Gasteiger partial charge in [0.2, 0.25) is 0 Å². The van der Waals surface area contributed by atoms with Crippen LogP contribution >= 0.6 is 0 Å². The molecular formula is C21H33N3O3. The van der Waals surface area contributed by atoms with Gasteiger partial charge in [0.15, 0.2) is 0 Å². The van der Waals surface area contributed by atoms with Crippen molar-refractivity contribution in [2.75, 3.05) is 26.2 Å². The van der Waals surface area contributed by atoms with E-state index in [2.05, 4.69) is 36.2 Å². The molecule has 1 aromatic carbocycles. The molecule has 1 unspecified atom stereocenters. The lowest BCUT2D eigenvalue weighted by atomic mass is 9.90. The summed E-state index contributed by atoms with van der Waals surface area (Å²) in [7, 11) is 0. The number of nitrogens with zero attached hydrogens (tertiary/aromatic N) is 2. The number of unbranched alkanes of at least 4 members (excludes halogenated alkanes) is 1.